The number of fused-ring (bicyclic) bond motifs is 1. The van der Waals surface area contributed by atoms with Crippen molar-refractivity contribution >= 4 is 38.7 Å². The summed E-state index contributed by atoms with van der Waals surface area (Å²) in [5.41, 5.74) is 3.36. The minimum Gasteiger partial charge on any atom is -0.302 e. The Balaban J connectivity index is 1.50. The van der Waals surface area contributed by atoms with E-state index in [4.69, 9.17) is 0 Å². The summed E-state index contributed by atoms with van der Waals surface area (Å²) in [6.07, 6.45) is 2.10. The van der Waals surface area contributed by atoms with E-state index in [2.05, 4.69) is 36.1 Å². The van der Waals surface area contributed by atoms with Crippen LogP contribution in [0.1, 0.15) is 32.2 Å². The van der Waals surface area contributed by atoms with Gasteiger partial charge < -0.3 is 5.32 Å². The Kier molecular flexibility index (Phi) is 4.76. The summed E-state index contributed by atoms with van der Waals surface area (Å²) in [6, 6.07) is 6.22. The number of anilines is 1. The summed E-state index contributed by atoms with van der Waals surface area (Å²) in [4.78, 5) is 22.4. The third-order valence-electron chi connectivity index (χ3n) is 4.28. The molecular formula is C20H19FN4OS2. The van der Waals surface area contributed by atoms with Crippen LogP contribution in [0.25, 0.3) is 16.2 Å². The monoisotopic (exact) mass is 414 g/mol. The zero-order valence-electron chi connectivity index (χ0n) is 15.7. The number of rotatable bonds is 4. The van der Waals surface area contributed by atoms with E-state index in [1.165, 1.54) is 34.8 Å². The van der Waals surface area contributed by atoms with Gasteiger partial charge in [-0.05, 0) is 24.3 Å². The molecule has 8 heteroatoms. The van der Waals surface area contributed by atoms with E-state index in [0.717, 1.165) is 27.6 Å². The van der Waals surface area contributed by atoms with Gasteiger partial charge in [-0.15, -0.1) is 22.7 Å². The highest BCUT2D eigenvalue weighted by atomic mass is 32.1. The molecule has 0 saturated heterocycles. The molecule has 3 heterocycles. The summed E-state index contributed by atoms with van der Waals surface area (Å²) in [5, 5.41) is 7.39. The first-order chi connectivity index (χ1) is 13.3. The fraction of sp³-hybridized carbons (Fsp3) is 0.250. The van der Waals surface area contributed by atoms with Crippen molar-refractivity contribution in [3.63, 3.8) is 0 Å². The molecule has 28 heavy (non-hydrogen) atoms. The van der Waals surface area contributed by atoms with Crippen molar-refractivity contribution in [3.05, 3.63) is 58.4 Å². The van der Waals surface area contributed by atoms with Gasteiger partial charge in [-0.2, -0.15) is 0 Å². The number of hydrogen-bond acceptors (Lipinski definition) is 5. The molecule has 0 atom stereocenters. The van der Waals surface area contributed by atoms with E-state index < -0.39 is 0 Å². The number of thiazole rings is 2. The Labute approximate surface area is 169 Å². The molecule has 0 saturated carbocycles. The molecule has 144 valence electrons. The molecule has 4 rings (SSSR count). The van der Waals surface area contributed by atoms with Crippen molar-refractivity contribution in [1.29, 1.82) is 0 Å². The first-order valence-electron chi connectivity index (χ1n) is 8.77. The number of halogens is 1. The van der Waals surface area contributed by atoms with Crippen molar-refractivity contribution in [1.82, 2.24) is 14.4 Å². The number of nitrogens with zero attached hydrogens (tertiary/aromatic N) is 3. The van der Waals surface area contributed by atoms with Crippen LogP contribution in [0.5, 0.6) is 0 Å². The van der Waals surface area contributed by atoms with Gasteiger partial charge in [0, 0.05) is 33.6 Å². The highest BCUT2D eigenvalue weighted by molar-refractivity contribution is 7.15. The normalized spacial score (nSPS) is 11.9. The minimum absolute atomic E-state index is 0.0490. The molecule has 5 nitrogen and oxygen atoms in total. The number of amides is 1. The number of benzene rings is 1. The van der Waals surface area contributed by atoms with E-state index in [-0.39, 0.29) is 23.6 Å². The third-order valence-corrected chi connectivity index (χ3v) is 5.93. The average Bonchev–Trinajstić information content (AvgIpc) is 3.32. The van der Waals surface area contributed by atoms with Crippen molar-refractivity contribution in [2.45, 2.75) is 32.6 Å². The van der Waals surface area contributed by atoms with E-state index in [1.54, 1.807) is 12.1 Å². The topological polar surface area (TPSA) is 59.3 Å². The van der Waals surface area contributed by atoms with Crippen LogP contribution in [0.15, 0.2) is 41.2 Å². The van der Waals surface area contributed by atoms with Gasteiger partial charge in [-0.25, -0.2) is 14.4 Å². The second-order valence-electron chi connectivity index (χ2n) is 7.53. The summed E-state index contributed by atoms with van der Waals surface area (Å²) in [6.45, 7) is 6.27. The lowest BCUT2D eigenvalue weighted by atomic mass is 9.93. The Morgan fingerprint density at radius 2 is 1.89 bits per heavy atom. The van der Waals surface area contributed by atoms with Gasteiger partial charge in [0.15, 0.2) is 10.1 Å². The summed E-state index contributed by atoms with van der Waals surface area (Å²) >= 11 is 2.91. The van der Waals surface area contributed by atoms with Gasteiger partial charge in [-0.1, -0.05) is 20.8 Å². The second-order valence-corrected chi connectivity index (χ2v) is 9.22. The summed E-state index contributed by atoms with van der Waals surface area (Å²) in [5.74, 6) is -0.398. The number of aromatic nitrogens is 3. The van der Waals surface area contributed by atoms with Crippen LogP contribution in [0.4, 0.5) is 9.52 Å². The van der Waals surface area contributed by atoms with Gasteiger partial charge in [0.05, 0.1) is 17.8 Å². The zero-order valence-corrected chi connectivity index (χ0v) is 17.3. The van der Waals surface area contributed by atoms with Crippen molar-refractivity contribution in [2.24, 2.45) is 0 Å². The van der Waals surface area contributed by atoms with Gasteiger partial charge in [0.25, 0.3) is 0 Å². The minimum atomic E-state index is -0.279. The molecule has 0 aliphatic carbocycles. The number of hydrogen-bond donors (Lipinski definition) is 1. The van der Waals surface area contributed by atoms with Crippen molar-refractivity contribution in [2.75, 3.05) is 5.32 Å². The molecule has 0 fully saturated rings. The van der Waals surface area contributed by atoms with Crippen LogP contribution < -0.4 is 5.32 Å². The lowest BCUT2D eigenvalue weighted by molar-refractivity contribution is -0.115. The van der Waals surface area contributed by atoms with Gasteiger partial charge >= 0.3 is 0 Å². The molecular weight excluding hydrogens is 395 g/mol. The van der Waals surface area contributed by atoms with Crippen LogP contribution >= 0.6 is 22.7 Å². The van der Waals surface area contributed by atoms with Gasteiger partial charge in [-0.3, -0.25) is 9.20 Å². The molecule has 4 aromatic rings. The van der Waals surface area contributed by atoms with Crippen LogP contribution in [0, 0.1) is 5.82 Å². The maximum absolute atomic E-state index is 13.1. The molecule has 0 radical (unpaired) electrons. The molecule has 1 amide bonds. The smallest absolute Gasteiger partial charge is 0.232 e. The fourth-order valence-electron chi connectivity index (χ4n) is 2.72. The molecule has 1 N–H and O–H groups in total. The lowest BCUT2D eigenvalue weighted by Gasteiger charge is -2.14. The molecule has 0 aliphatic rings. The highest BCUT2D eigenvalue weighted by Gasteiger charge is 2.19. The second kappa shape index (κ2) is 7.10. The Bertz CT molecular complexity index is 1140. The fourth-order valence-corrected chi connectivity index (χ4v) is 4.55. The Morgan fingerprint density at radius 3 is 2.57 bits per heavy atom. The Morgan fingerprint density at radius 1 is 1.14 bits per heavy atom. The number of imidazole rings is 1. The van der Waals surface area contributed by atoms with Crippen LogP contribution in [0.2, 0.25) is 0 Å². The average molecular weight is 415 g/mol. The van der Waals surface area contributed by atoms with Crippen LogP contribution in [-0.2, 0) is 16.6 Å². The summed E-state index contributed by atoms with van der Waals surface area (Å²) in [7, 11) is 0. The van der Waals surface area contributed by atoms with Gasteiger partial charge in [0.1, 0.15) is 5.82 Å². The lowest BCUT2D eigenvalue weighted by Crippen LogP contribution is -2.16. The quantitative estimate of drug-likeness (QED) is 0.503. The molecule has 1 aromatic carbocycles. The van der Waals surface area contributed by atoms with Crippen molar-refractivity contribution in [3.8, 4) is 11.3 Å². The molecule has 3 aromatic heterocycles. The van der Waals surface area contributed by atoms with E-state index in [9.17, 15) is 9.18 Å². The number of carbonyl (C=O) groups is 1. The number of carbonyl (C=O) groups excluding carboxylic acids is 1. The maximum atomic E-state index is 13.1. The highest BCUT2D eigenvalue weighted by Crippen LogP contribution is 2.27. The predicted octanol–water partition coefficient (Wildman–Crippen LogP) is 5.14. The van der Waals surface area contributed by atoms with E-state index >= 15 is 0 Å². The predicted molar refractivity (Wildman–Crippen MR) is 112 cm³/mol. The Hall–Kier alpha value is -2.58. The maximum Gasteiger partial charge on any atom is 0.232 e. The van der Waals surface area contributed by atoms with Crippen LogP contribution in [0.3, 0.4) is 0 Å². The molecule has 0 unspecified atom stereocenters. The molecule has 0 bridgehead atoms. The summed E-state index contributed by atoms with van der Waals surface area (Å²) < 4.78 is 15.0. The first kappa shape index (κ1) is 18.8. The van der Waals surface area contributed by atoms with E-state index in [0.29, 0.717) is 5.13 Å². The molecule has 0 spiro atoms. The van der Waals surface area contributed by atoms with Gasteiger partial charge in [0.2, 0.25) is 5.91 Å². The first-order valence-corrected chi connectivity index (χ1v) is 10.5. The zero-order chi connectivity index (χ0) is 19.9. The standard InChI is InChI=1S/C20H19FN4OS2/c1-20(2,3)16-11-27-18(23-16)24-17(26)8-14-10-28-19-22-15(9-25(14)19)12-4-6-13(21)7-5-12/h4-7,9-11H,8H2,1-3H3,(H,23,24,26). The van der Waals surface area contributed by atoms with Crippen molar-refractivity contribution < 1.29 is 9.18 Å². The van der Waals surface area contributed by atoms with Crippen LogP contribution in [-0.4, -0.2) is 20.3 Å². The largest absolute Gasteiger partial charge is 0.302 e. The molecule has 0 aliphatic heterocycles. The third kappa shape index (κ3) is 3.83. The SMILES string of the molecule is CC(C)(C)c1csc(NC(=O)Cc2csc3nc(-c4ccc(F)cc4)cn23)n1. The number of nitrogens with one attached hydrogen (secondary N) is 1. The van der Waals surface area contributed by atoms with E-state index in [1.807, 2.05) is 21.4 Å².